The van der Waals surface area contributed by atoms with Crippen LogP contribution in [0.1, 0.15) is 5.56 Å². The summed E-state index contributed by atoms with van der Waals surface area (Å²) in [7, 11) is 0. The van der Waals surface area contributed by atoms with Gasteiger partial charge in [0.15, 0.2) is 0 Å². The highest BCUT2D eigenvalue weighted by Crippen LogP contribution is 2.31. The third-order valence-electron chi connectivity index (χ3n) is 4.91. The number of piperazine rings is 1. The van der Waals surface area contributed by atoms with Gasteiger partial charge in [-0.2, -0.15) is 5.10 Å². The first-order valence-electron chi connectivity index (χ1n) is 9.10. The Labute approximate surface area is 167 Å². The lowest BCUT2D eigenvalue weighted by Crippen LogP contribution is -2.46. The lowest BCUT2D eigenvalue weighted by atomic mass is 10.2. The van der Waals surface area contributed by atoms with E-state index in [1.807, 2.05) is 47.4 Å². The Morgan fingerprint density at radius 3 is 2.54 bits per heavy atom. The highest BCUT2D eigenvalue weighted by Gasteiger charge is 2.24. The van der Waals surface area contributed by atoms with Crippen LogP contribution in [0, 0.1) is 10.1 Å². The van der Waals surface area contributed by atoms with Crippen molar-refractivity contribution in [2.75, 3.05) is 31.1 Å². The van der Waals surface area contributed by atoms with Crippen molar-refractivity contribution in [1.82, 2.24) is 14.7 Å². The topological polar surface area (TPSA) is 67.4 Å². The SMILES string of the molecule is O=[N+]([O-])c1cc(Cl)ccc1N1CCN(Cc2cnn(-c3ccccc3)c2)CC1. The van der Waals surface area contributed by atoms with Crippen molar-refractivity contribution in [1.29, 1.82) is 0 Å². The molecule has 1 aliphatic rings. The van der Waals surface area contributed by atoms with E-state index in [2.05, 4.69) is 14.9 Å². The number of rotatable bonds is 5. The Morgan fingerprint density at radius 1 is 1.07 bits per heavy atom. The van der Waals surface area contributed by atoms with E-state index >= 15 is 0 Å². The number of nitro benzene ring substituents is 1. The highest BCUT2D eigenvalue weighted by atomic mass is 35.5. The summed E-state index contributed by atoms with van der Waals surface area (Å²) in [4.78, 5) is 15.4. The molecule has 28 heavy (non-hydrogen) atoms. The largest absolute Gasteiger partial charge is 0.363 e. The molecule has 0 unspecified atom stereocenters. The maximum absolute atomic E-state index is 11.3. The van der Waals surface area contributed by atoms with Gasteiger partial charge in [0.1, 0.15) is 5.69 Å². The molecule has 0 bridgehead atoms. The second-order valence-electron chi connectivity index (χ2n) is 6.78. The van der Waals surface area contributed by atoms with Crippen LogP contribution < -0.4 is 4.90 Å². The normalized spacial score (nSPS) is 15.0. The third kappa shape index (κ3) is 4.00. The lowest BCUT2D eigenvalue weighted by Gasteiger charge is -2.35. The minimum Gasteiger partial charge on any atom is -0.363 e. The minimum absolute atomic E-state index is 0.0603. The second kappa shape index (κ2) is 8.00. The zero-order valence-electron chi connectivity index (χ0n) is 15.2. The van der Waals surface area contributed by atoms with Crippen molar-refractivity contribution in [3.63, 3.8) is 0 Å². The smallest absolute Gasteiger partial charge is 0.294 e. The van der Waals surface area contributed by atoms with Crippen molar-refractivity contribution >= 4 is 23.0 Å². The number of hydrogen-bond acceptors (Lipinski definition) is 5. The maximum Gasteiger partial charge on any atom is 0.294 e. The molecule has 1 aromatic heterocycles. The second-order valence-corrected chi connectivity index (χ2v) is 7.22. The van der Waals surface area contributed by atoms with Gasteiger partial charge in [0.05, 0.1) is 16.8 Å². The van der Waals surface area contributed by atoms with E-state index in [-0.39, 0.29) is 10.6 Å². The lowest BCUT2D eigenvalue weighted by molar-refractivity contribution is -0.384. The molecule has 1 saturated heterocycles. The summed E-state index contributed by atoms with van der Waals surface area (Å²) in [6.07, 6.45) is 3.94. The van der Waals surface area contributed by atoms with Crippen LogP contribution in [-0.4, -0.2) is 45.8 Å². The van der Waals surface area contributed by atoms with E-state index in [4.69, 9.17) is 11.6 Å². The number of nitrogens with zero attached hydrogens (tertiary/aromatic N) is 5. The molecule has 0 amide bonds. The molecule has 8 heteroatoms. The Kier molecular flexibility index (Phi) is 5.27. The first kappa shape index (κ1) is 18.5. The Balaban J connectivity index is 1.39. The molecule has 4 rings (SSSR count). The number of hydrogen-bond donors (Lipinski definition) is 0. The monoisotopic (exact) mass is 397 g/mol. The molecule has 0 aliphatic carbocycles. The van der Waals surface area contributed by atoms with Crippen molar-refractivity contribution in [2.45, 2.75) is 6.54 Å². The number of benzene rings is 2. The first-order valence-corrected chi connectivity index (χ1v) is 9.48. The third-order valence-corrected chi connectivity index (χ3v) is 5.15. The summed E-state index contributed by atoms with van der Waals surface area (Å²) < 4.78 is 1.88. The van der Waals surface area contributed by atoms with E-state index in [0.717, 1.165) is 44.0 Å². The van der Waals surface area contributed by atoms with Gasteiger partial charge in [0, 0.05) is 55.6 Å². The zero-order chi connectivity index (χ0) is 19.5. The molecule has 2 aromatic carbocycles. The van der Waals surface area contributed by atoms with Crippen LogP contribution in [0.2, 0.25) is 5.02 Å². The minimum atomic E-state index is -0.369. The summed E-state index contributed by atoms with van der Waals surface area (Å²) in [6, 6.07) is 14.9. The zero-order valence-corrected chi connectivity index (χ0v) is 16.0. The van der Waals surface area contributed by atoms with Gasteiger partial charge in [-0.1, -0.05) is 29.8 Å². The molecule has 3 aromatic rings. The fourth-order valence-corrected chi connectivity index (χ4v) is 3.65. The van der Waals surface area contributed by atoms with E-state index in [9.17, 15) is 10.1 Å². The summed E-state index contributed by atoms with van der Waals surface area (Å²) in [6.45, 7) is 3.93. The quantitative estimate of drug-likeness (QED) is 0.484. The fourth-order valence-electron chi connectivity index (χ4n) is 3.48. The molecule has 1 fully saturated rings. The van der Waals surface area contributed by atoms with Crippen molar-refractivity contribution < 1.29 is 4.92 Å². The van der Waals surface area contributed by atoms with E-state index in [1.165, 1.54) is 6.07 Å². The van der Waals surface area contributed by atoms with Crippen molar-refractivity contribution in [2.24, 2.45) is 0 Å². The molecule has 0 atom stereocenters. The van der Waals surface area contributed by atoms with Crippen molar-refractivity contribution in [3.8, 4) is 5.69 Å². The molecule has 0 spiro atoms. The number of aromatic nitrogens is 2. The molecule has 2 heterocycles. The highest BCUT2D eigenvalue weighted by molar-refractivity contribution is 6.30. The Hall–Kier alpha value is -2.90. The molecule has 1 aliphatic heterocycles. The molecule has 0 N–H and O–H groups in total. The van der Waals surface area contributed by atoms with Gasteiger partial charge in [-0.15, -0.1) is 0 Å². The van der Waals surface area contributed by atoms with Gasteiger partial charge in [0.25, 0.3) is 5.69 Å². The van der Waals surface area contributed by atoms with Gasteiger partial charge in [-0.25, -0.2) is 4.68 Å². The maximum atomic E-state index is 11.3. The number of anilines is 1. The van der Waals surface area contributed by atoms with Crippen LogP contribution in [0.5, 0.6) is 0 Å². The predicted octanol–water partition coefficient (Wildman–Crippen LogP) is 3.76. The standard InChI is InChI=1S/C20H20ClN5O2/c21-17-6-7-19(20(12-17)26(27)28)24-10-8-23(9-11-24)14-16-13-22-25(15-16)18-4-2-1-3-5-18/h1-7,12-13,15H,8-11,14H2. The van der Waals surface area contributed by atoms with Crippen LogP contribution in [-0.2, 0) is 6.54 Å². The fraction of sp³-hybridized carbons (Fsp3) is 0.250. The summed E-state index contributed by atoms with van der Waals surface area (Å²) >= 11 is 5.92. The van der Waals surface area contributed by atoms with Gasteiger partial charge < -0.3 is 4.90 Å². The summed E-state index contributed by atoms with van der Waals surface area (Å²) in [5.74, 6) is 0. The van der Waals surface area contributed by atoms with Crippen LogP contribution in [0.25, 0.3) is 5.69 Å². The molecule has 7 nitrogen and oxygen atoms in total. The molecular formula is C20H20ClN5O2. The van der Waals surface area contributed by atoms with Crippen LogP contribution in [0.3, 0.4) is 0 Å². The predicted molar refractivity (Wildman–Crippen MR) is 109 cm³/mol. The van der Waals surface area contributed by atoms with Crippen LogP contribution in [0.4, 0.5) is 11.4 Å². The summed E-state index contributed by atoms with van der Waals surface area (Å²) in [5.41, 5.74) is 2.87. The average Bonchev–Trinajstić information content (AvgIpc) is 3.18. The Morgan fingerprint density at radius 2 is 1.82 bits per heavy atom. The average molecular weight is 398 g/mol. The number of para-hydroxylation sites is 1. The van der Waals surface area contributed by atoms with E-state index < -0.39 is 0 Å². The van der Waals surface area contributed by atoms with Gasteiger partial charge >= 0.3 is 0 Å². The Bertz CT molecular complexity index is 968. The number of nitro groups is 1. The van der Waals surface area contributed by atoms with E-state index in [1.54, 1.807) is 12.1 Å². The van der Waals surface area contributed by atoms with Crippen molar-refractivity contribution in [3.05, 3.63) is 81.6 Å². The van der Waals surface area contributed by atoms with Gasteiger partial charge in [-0.05, 0) is 24.3 Å². The molecule has 0 saturated carbocycles. The van der Waals surface area contributed by atoms with Crippen LogP contribution >= 0.6 is 11.6 Å². The number of halogens is 1. The molecular weight excluding hydrogens is 378 g/mol. The molecule has 144 valence electrons. The summed E-state index contributed by atoms with van der Waals surface area (Å²) in [5, 5.41) is 16.2. The molecule has 0 radical (unpaired) electrons. The van der Waals surface area contributed by atoms with E-state index in [0.29, 0.717) is 10.7 Å². The van der Waals surface area contributed by atoms with Gasteiger partial charge in [0.2, 0.25) is 0 Å². The van der Waals surface area contributed by atoms with Crippen LogP contribution in [0.15, 0.2) is 60.9 Å². The first-order chi connectivity index (χ1) is 13.6. The van der Waals surface area contributed by atoms with Gasteiger partial charge in [-0.3, -0.25) is 15.0 Å².